The third-order valence-corrected chi connectivity index (χ3v) is 2.58. The first-order valence-electron chi connectivity index (χ1n) is 6.25. The molecule has 0 heterocycles. The molecule has 0 atom stereocenters. The van der Waals surface area contributed by atoms with Gasteiger partial charge in [-0.3, -0.25) is 4.79 Å². The van der Waals surface area contributed by atoms with Gasteiger partial charge in [-0.05, 0) is 25.0 Å². The number of carbonyl (C=O) groups excluding carboxylic acids is 1. The lowest BCUT2D eigenvalue weighted by atomic mass is 10.1. The third-order valence-electron chi connectivity index (χ3n) is 2.58. The van der Waals surface area contributed by atoms with Crippen molar-refractivity contribution in [3.63, 3.8) is 0 Å². The number of aryl methyl sites for hydroxylation is 1. The van der Waals surface area contributed by atoms with E-state index in [1.165, 1.54) is 18.4 Å². The van der Waals surface area contributed by atoms with Crippen LogP contribution in [0.25, 0.3) is 6.08 Å². The van der Waals surface area contributed by atoms with E-state index in [2.05, 4.69) is 12.2 Å². The highest BCUT2D eigenvalue weighted by Gasteiger charge is 1.94. The number of rotatable bonds is 6. The van der Waals surface area contributed by atoms with Gasteiger partial charge < -0.3 is 5.32 Å². The topological polar surface area (TPSA) is 29.1 Å². The Morgan fingerprint density at radius 1 is 1.24 bits per heavy atom. The second-order valence-electron chi connectivity index (χ2n) is 4.24. The number of hydrogen-bond donors (Lipinski definition) is 1. The molecule has 2 nitrogen and oxygen atoms in total. The molecule has 0 saturated heterocycles. The maximum Gasteiger partial charge on any atom is 0.243 e. The van der Waals surface area contributed by atoms with Crippen molar-refractivity contribution in [2.24, 2.45) is 0 Å². The summed E-state index contributed by atoms with van der Waals surface area (Å²) in [7, 11) is 0. The summed E-state index contributed by atoms with van der Waals surface area (Å²) in [6.45, 7) is 4.97. The van der Waals surface area contributed by atoms with Crippen molar-refractivity contribution in [2.45, 2.75) is 33.1 Å². The predicted octanol–water partition coefficient (Wildman–Crippen LogP) is 3.31. The largest absolute Gasteiger partial charge is 0.353 e. The Kier molecular flexibility index (Phi) is 6.08. The first kappa shape index (κ1) is 13.5. The molecule has 0 aliphatic carbocycles. The van der Waals surface area contributed by atoms with Gasteiger partial charge in [0.1, 0.15) is 0 Å². The van der Waals surface area contributed by atoms with Crippen molar-refractivity contribution in [1.82, 2.24) is 5.32 Å². The molecule has 92 valence electrons. The van der Waals surface area contributed by atoms with Crippen molar-refractivity contribution in [2.75, 3.05) is 6.54 Å². The van der Waals surface area contributed by atoms with Crippen LogP contribution in [0.1, 0.15) is 37.3 Å². The molecule has 1 amide bonds. The van der Waals surface area contributed by atoms with Gasteiger partial charge in [-0.15, -0.1) is 0 Å². The summed E-state index contributed by atoms with van der Waals surface area (Å²) >= 11 is 0. The molecule has 0 aliphatic rings. The van der Waals surface area contributed by atoms with Crippen LogP contribution in [0.3, 0.4) is 0 Å². The number of benzene rings is 1. The molecule has 0 aliphatic heterocycles. The zero-order valence-corrected chi connectivity index (χ0v) is 10.7. The summed E-state index contributed by atoms with van der Waals surface area (Å²) in [5, 5.41) is 2.87. The molecule has 1 aromatic rings. The Balaban J connectivity index is 2.32. The Hall–Kier alpha value is -1.57. The number of nitrogens with one attached hydrogen (secondary N) is 1. The average Bonchev–Trinajstić information content (AvgIpc) is 2.34. The molecule has 17 heavy (non-hydrogen) atoms. The maximum absolute atomic E-state index is 11.4. The third kappa shape index (κ3) is 5.91. The van der Waals surface area contributed by atoms with E-state index in [0.717, 1.165) is 18.5 Å². The number of carbonyl (C=O) groups is 1. The maximum atomic E-state index is 11.4. The van der Waals surface area contributed by atoms with Gasteiger partial charge in [0.25, 0.3) is 0 Å². The van der Waals surface area contributed by atoms with Crippen LogP contribution in [0.15, 0.2) is 30.3 Å². The minimum atomic E-state index is -0.0123. The summed E-state index contributed by atoms with van der Waals surface area (Å²) in [6.07, 6.45) is 6.84. The van der Waals surface area contributed by atoms with E-state index in [-0.39, 0.29) is 5.91 Å². The highest BCUT2D eigenvalue weighted by Crippen LogP contribution is 2.04. The van der Waals surface area contributed by atoms with Crippen molar-refractivity contribution in [3.8, 4) is 0 Å². The normalized spacial score (nSPS) is 10.7. The standard InChI is InChI=1S/C15H21NO/c1-3-4-5-12-16-15(17)11-10-14-8-6-13(2)7-9-14/h6-11H,3-5,12H2,1-2H3,(H,16,17)/b11-10+. The highest BCUT2D eigenvalue weighted by atomic mass is 16.1. The molecule has 0 aromatic heterocycles. The van der Waals surface area contributed by atoms with Crippen LogP contribution in [0.4, 0.5) is 0 Å². The van der Waals surface area contributed by atoms with E-state index in [1.807, 2.05) is 37.3 Å². The molecule has 0 spiro atoms. The first-order valence-corrected chi connectivity index (χ1v) is 6.25. The van der Waals surface area contributed by atoms with Crippen molar-refractivity contribution in [3.05, 3.63) is 41.5 Å². The van der Waals surface area contributed by atoms with E-state index >= 15 is 0 Å². The van der Waals surface area contributed by atoms with E-state index in [4.69, 9.17) is 0 Å². The van der Waals surface area contributed by atoms with Gasteiger partial charge in [0.15, 0.2) is 0 Å². The van der Waals surface area contributed by atoms with Gasteiger partial charge in [-0.1, -0.05) is 49.6 Å². The zero-order valence-electron chi connectivity index (χ0n) is 10.7. The van der Waals surface area contributed by atoms with Crippen LogP contribution in [0, 0.1) is 6.92 Å². The Morgan fingerprint density at radius 3 is 2.59 bits per heavy atom. The lowest BCUT2D eigenvalue weighted by Crippen LogP contribution is -2.21. The quantitative estimate of drug-likeness (QED) is 0.590. The van der Waals surface area contributed by atoms with E-state index in [9.17, 15) is 4.79 Å². The van der Waals surface area contributed by atoms with Gasteiger partial charge in [0, 0.05) is 12.6 Å². The van der Waals surface area contributed by atoms with Crippen LogP contribution in [0.5, 0.6) is 0 Å². The summed E-state index contributed by atoms with van der Waals surface area (Å²) in [5.74, 6) is -0.0123. The average molecular weight is 231 g/mol. The fourth-order valence-electron chi connectivity index (χ4n) is 1.49. The summed E-state index contributed by atoms with van der Waals surface area (Å²) in [4.78, 5) is 11.4. The minimum absolute atomic E-state index is 0.0123. The van der Waals surface area contributed by atoms with Gasteiger partial charge in [0.2, 0.25) is 5.91 Å². The van der Waals surface area contributed by atoms with E-state index in [0.29, 0.717) is 0 Å². The van der Waals surface area contributed by atoms with Gasteiger partial charge in [-0.2, -0.15) is 0 Å². The van der Waals surface area contributed by atoms with Crippen LogP contribution >= 0.6 is 0 Å². The van der Waals surface area contributed by atoms with Gasteiger partial charge in [0.05, 0.1) is 0 Å². The molecule has 1 rings (SSSR count). The van der Waals surface area contributed by atoms with Crippen LogP contribution in [0.2, 0.25) is 0 Å². The monoisotopic (exact) mass is 231 g/mol. The number of unbranched alkanes of at least 4 members (excludes halogenated alkanes) is 2. The van der Waals surface area contributed by atoms with Crippen molar-refractivity contribution < 1.29 is 4.79 Å². The molecule has 1 aromatic carbocycles. The predicted molar refractivity (Wildman–Crippen MR) is 72.7 cm³/mol. The summed E-state index contributed by atoms with van der Waals surface area (Å²) in [5.41, 5.74) is 2.28. The summed E-state index contributed by atoms with van der Waals surface area (Å²) in [6, 6.07) is 8.10. The second kappa shape index (κ2) is 7.66. The van der Waals surface area contributed by atoms with Crippen LogP contribution < -0.4 is 5.32 Å². The fraction of sp³-hybridized carbons (Fsp3) is 0.400. The van der Waals surface area contributed by atoms with E-state index in [1.54, 1.807) is 6.08 Å². The lowest BCUT2D eigenvalue weighted by Gasteiger charge is -2.00. The fourth-order valence-corrected chi connectivity index (χ4v) is 1.49. The van der Waals surface area contributed by atoms with Gasteiger partial charge in [-0.25, -0.2) is 0 Å². The Morgan fingerprint density at radius 2 is 1.94 bits per heavy atom. The molecule has 0 radical (unpaired) electrons. The molecule has 0 fully saturated rings. The SMILES string of the molecule is CCCCCNC(=O)/C=C/c1ccc(C)cc1. The molecule has 2 heteroatoms. The molecular weight excluding hydrogens is 210 g/mol. The molecule has 0 bridgehead atoms. The van der Waals surface area contributed by atoms with Crippen molar-refractivity contribution in [1.29, 1.82) is 0 Å². The smallest absolute Gasteiger partial charge is 0.243 e. The number of hydrogen-bond acceptors (Lipinski definition) is 1. The van der Waals surface area contributed by atoms with Crippen molar-refractivity contribution >= 4 is 12.0 Å². The Labute approximate surface area is 104 Å². The number of amides is 1. The lowest BCUT2D eigenvalue weighted by molar-refractivity contribution is -0.116. The first-order chi connectivity index (χ1) is 8.22. The van der Waals surface area contributed by atoms with Gasteiger partial charge >= 0.3 is 0 Å². The minimum Gasteiger partial charge on any atom is -0.353 e. The molecule has 1 N–H and O–H groups in total. The summed E-state index contributed by atoms with van der Waals surface area (Å²) < 4.78 is 0. The van der Waals surface area contributed by atoms with Crippen LogP contribution in [-0.4, -0.2) is 12.5 Å². The zero-order chi connectivity index (χ0) is 12.5. The second-order valence-corrected chi connectivity index (χ2v) is 4.24. The van der Waals surface area contributed by atoms with E-state index < -0.39 is 0 Å². The Bertz CT molecular complexity index is 365. The van der Waals surface area contributed by atoms with Crippen LogP contribution in [-0.2, 0) is 4.79 Å². The molecule has 0 saturated carbocycles. The molecular formula is C15H21NO. The highest BCUT2D eigenvalue weighted by molar-refractivity contribution is 5.91. The molecule has 0 unspecified atom stereocenters.